The van der Waals surface area contributed by atoms with Crippen molar-refractivity contribution in [1.82, 2.24) is 0 Å². The van der Waals surface area contributed by atoms with Crippen LogP contribution in [0, 0.1) is 56.2 Å². The topological polar surface area (TPSA) is 40.5 Å². The Morgan fingerprint density at radius 2 is 1.45 bits per heavy atom. The van der Waals surface area contributed by atoms with E-state index < -0.39 is 5.41 Å². The molecule has 188 valence electrons. The van der Waals surface area contributed by atoms with Crippen LogP contribution in [0.4, 0.5) is 0 Å². The van der Waals surface area contributed by atoms with Gasteiger partial charge in [-0.3, -0.25) is 0 Å². The molecule has 5 rings (SSSR count). The third-order valence-electron chi connectivity index (χ3n) is 14.6. The minimum absolute atomic E-state index is 0.0173. The van der Waals surface area contributed by atoms with Gasteiger partial charge in [-0.05, 0) is 122 Å². The molecule has 2 N–H and O–H groups in total. The molecular weight excluding hydrogens is 404 g/mol. The summed E-state index contributed by atoms with van der Waals surface area (Å²) in [6.45, 7) is 22.1. The number of rotatable bonds is 2. The lowest BCUT2D eigenvalue weighted by atomic mass is 9.29. The van der Waals surface area contributed by atoms with Gasteiger partial charge in [0.25, 0.3) is 0 Å². The Hall–Kier alpha value is -0.340. The van der Waals surface area contributed by atoms with E-state index in [1.807, 2.05) is 0 Å². The van der Waals surface area contributed by atoms with Crippen LogP contribution in [-0.4, -0.2) is 22.9 Å². The van der Waals surface area contributed by atoms with Crippen LogP contribution >= 0.6 is 0 Å². The molecule has 0 aromatic heterocycles. The summed E-state index contributed by atoms with van der Waals surface area (Å²) in [5, 5.41) is 21.7. The van der Waals surface area contributed by atoms with E-state index in [9.17, 15) is 10.2 Å². The zero-order valence-corrected chi connectivity index (χ0v) is 22.8. The van der Waals surface area contributed by atoms with Crippen molar-refractivity contribution in [1.29, 1.82) is 0 Å². The first-order chi connectivity index (χ1) is 15.2. The standard InChI is InChI=1S/C31H52O2/c1-20(2)21-11-13-26(3)15-16-27(4)22(25(21)26)9-10-23-28(27,5)17-18-31(8)29(23,6)14-12-24(33)30(31,7)19-32/h21-25,32-33H,1,9-19H2,2-8H3/t21-,22+,23-,24-,25+,26+,27+,28+,29+,30+,31+/m0/s1. The van der Waals surface area contributed by atoms with E-state index in [1.165, 1.54) is 50.5 Å². The van der Waals surface area contributed by atoms with Crippen LogP contribution in [0.25, 0.3) is 0 Å². The van der Waals surface area contributed by atoms with Crippen LogP contribution in [0.2, 0.25) is 0 Å². The Bertz CT molecular complexity index is 835. The van der Waals surface area contributed by atoms with E-state index in [1.54, 1.807) is 0 Å². The molecule has 5 fully saturated rings. The maximum Gasteiger partial charge on any atom is 0.0621 e. The van der Waals surface area contributed by atoms with Gasteiger partial charge in [0, 0.05) is 5.41 Å². The predicted molar refractivity (Wildman–Crippen MR) is 137 cm³/mol. The highest BCUT2D eigenvalue weighted by Gasteiger charge is 2.73. The van der Waals surface area contributed by atoms with E-state index in [0.29, 0.717) is 28.1 Å². The number of fused-ring (bicyclic) bond motifs is 7. The highest BCUT2D eigenvalue weighted by molar-refractivity contribution is 5.23. The summed E-state index contributed by atoms with van der Waals surface area (Å²) in [6, 6.07) is 0. The van der Waals surface area contributed by atoms with Gasteiger partial charge < -0.3 is 10.2 Å². The first-order valence-corrected chi connectivity index (χ1v) is 14.2. The second kappa shape index (κ2) is 7.12. The molecule has 2 heteroatoms. The van der Waals surface area contributed by atoms with E-state index in [2.05, 4.69) is 55.0 Å². The molecule has 0 spiro atoms. The molecule has 11 atom stereocenters. The molecule has 0 amide bonds. The number of aliphatic hydroxyl groups excluding tert-OH is 2. The molecule has 5 aliphatic rings. The Morgan fingerprint density at radius 1 is 0.788 bits per heavy atom. The smallest absolute Gasteiger partial charge is 0.0621 e. The molecule has 0 aromatic rings. The second-order valence-corrected chi connectivity index (χ2v) is 15.1. The molecule has 0 unspecified atom stereocenters. The zero-order chi connectivity index (χ0) is 24.2. The van der Waals surface area contributed by atoms with E-state index in [0.717, 1.165) is 31.1 Å². The first kappa shape index (κ1) is 24.4. The number of hydrogen-bond donors (Lipinski definition) is 2. The van der Waals surface area contributed by atoms with Crippen LogP contribution in [0.15, 0.2) is 12.2 Å². The van der Waals surface area contributed by atoms with Gasteiger partial charge in [-0.2, -0.15) is 0 Å². The SMILES string of the molecule is C=C(C)[C@@H]1CC[C@]2(C)CC[C@]3(C)[C@H](CC[C@@H]4[C@@]5(C)CC[C@H](O)[C@@](C)(CO)[C@]5(C)CC[C@]43C)[C@@H]12. The number of hydrogen-bond acceptors (Lipinski definition) is 2. The molecule has 0 aliphatic heterocycles. The van der Waals surface area contributed by atoms with Crippen LogP contribution < -0.4 is 0 Å². The average molecular weight is 457 g/mol. The first-order valence-electron chi connectivity index (χ1n) is 14.2. The highest BCUT2D eigenvalue weighted by Crippen LogP contribution is 2.79. The van der Waals surface area contributed by atoms with Gasteiger partial charge in [0.2, 0.25) is 0 Å². The summed E-state index contributed by atoms with van der Waals surface area (Å²) in [6.07, 6.45) is 12.2. The normalized spacial score (nSPS) is 60.3. The lowest BCUT2D eigenvalue weighted by Crippen LogP contribution is -2.70. The van der Waals surface area contributed by atoms with Gasteiger partial charge in [-0.1, -0.05) is 53.7 Å². The largest absolute Gasteiger partial charge is 0.396 e. The van der Waals surface area contributed by atoms with Gasteiger partial charge in [0.1, 0.15) is 0 Å². The molecule has 0 radical (unpaired) electrons. The van der Waals surface area contributed by atoms with Gasteiger partial charge in [0.05, 0.1) is 12.7 Å². The molecule has 0 aromatic carbocycles. The van der Waals surface area contributed by atoms with E-state index in [4.69, 9.17) is 0 Å². The van der Waals surface area contributed by atoms with E-state index in [-0.39, 0.29) is 23.5 Å². The zero-order valence-electron chi connectivity index (χ0n) is 22.8. The van der Waals surface area contributed by atoms with Gasteiger partial charge >= 0.3 is 0 Å². The summed E-state index contributed by atoms with van der Waals surface area (Å²) < 4.78 is 0. The van der Waals surface area contributed by atoms with Gasteiger partial charge in [0.15, 0.2) is 0 Å². The highest BCUT2D eigenvalue weighted by atomic mass is 16.3. The molecular formula is C31H52O2. The Balaban J connectivity index is 1.57. The second-order valence-electron chi connectivity index (χ2n) is 15.1. The number of allylic oxidation sites excluding steroid dienone is 1. The van der Waals surface area contributed by atoms with Crippen LogP contribution in [0.3, 0.4) is 0 Å². The molecule has 0 heterocycles. The summed E-state index contributed by atoms with van der Waals surface area (Å²) in [5.41, 5.74) is 2.42. The van der Waals surface area contributed by atoms with Crippen molar-refractivity contribution < 1.29 is 10.2 Å². The van der Waals surface area contributed by atoms with Crippen molar-refractivity contribution in [2.24, 2.45) is 56.2 Å². The van der Waals surface area contributed by atoms with Crippen molar-refractivity contribution in [2.45, 2.75) is 119 Å². The Labute approximate surface area is 204 Å². The maximum atomic E-state index is 11.1. The van der Waals surface area contributed by atoms with Gasteiger partial charge in [-0.15, -0.1) is 0 Å². The lowest BCUT2D eigenvalue weighted by molar-refractivity contribution is -0.287. The molecule has 0 bridgehead atoms. The Morgan fingerprint density at radius 3 is 2.09 bits per heavy atom. The fourth-order valence-corrected chi connectivity index (χ4v) is 11.8. The third kappa shape index (κ3) is 2.64. The minimum Gasteiger partial charge on any atom is -0.396 e. The maximum absolute atomic E-state index is 11.1. The average Bonchev–Trinajstić information content (AvgIpc) is 3.12. The Kier molecular flexibility index (Phi) is 5.25. The fraction of sp³-hybridized carbons (Fsp3) is 0.935. The minimum atomic E-state index is -0.402. The molecule has 0 saturated heterocycles. The summed E-state index contributed by atoms with van der Waals surface area (Å²) in [4.78, 5) is 0. The van der Waals surface area contributed by atoms with Crippen molar-refractivity contribution in [3.8, 4) is 0 Å². The van der Waals surface area contributed by atoms with Crippen LogP contribution in [0.1, 0.15) is 113 Å². The molecule has 5 saturated carbocycles. The molecule has 33 heavy (non-hydrogen) atoms. The summed E-state index contributed by atoms with van der Waals surface area (Å²) in [5.74, 6) is 3.01. The van der Waals surface area contributed by atoms with Crippen molar-refractivity contribution in [2.75, 3.05) is 6.61 Å². The van der Waals surface area contributed by atoms with Crippen LogP contribution in [0.5, 0.6) is 0 Å². The fourth-order valence-electron chi connectivity index (χ4n) is 11.8. The third-order valence-corrected chi connectivity index (χ3v) is 14.6. The molecule has 5 aliphatic carbocycles. The quantitative estimate of drug-likeness (QED) is 0.425. The lowest BCUT2D eigenvalue weighted by Gasteiger charge is -2.76. The predicted octanol–water partition coefficient (Wildman–Crippen LogP) is 7.39. The number of aliphatic hydroxyl groups is 2. The van der Waals surface area contributed by atoms with Crippen molar-refractivity contribution >= 4 is 0 Å². The van der Waals surface area contributed by atoms with Crippen molar-refractivity contribution in [3.05, 3.63) is 12.2 Å². The summed E-state index contributed by atoms with van der Waals surface area (Å²) in [7, 11) is 0. The van der Waals surface area contributed by atoms with Gasteiger partial charge in [-0.25, -0.2) is 0 Å². The monoisotopic (exact) mass is 456 g/mol. The van der Waals surface area contributed by atoms with E-state index >= 15 is 0 Å². The van der Waals surface area contributed by atoms with Crippen LogP contribution in [-0.2, 0) is 0 Å². The summed E-state index contributed by atoms with van der Waals surface area (Å²) >= 11 is 0. The van der Waals surface area contributed by atoms with Crippen molar-refractivity contribution in [3.63, 3.8) is 0 Å². The molecule has 2 nitrogen and oxygen atoms in total.